The number of carbonyl (C=O) groups is 2. The summed E-state index contributed by atoms with van der Waals surface area (Å²) in [6.07, 6.45) is 0. The predicted molar refractivity (Wildman–Crippen MR) is 127 cm³/mol. The molecule has 172 valence electrons. The van der Waals surface area contributed by atoms with Gasteiger partial charge in [0.15, 0.2) is 23.8 Å². The van der Waals surface area contributed by atoms with Gasteiger partial charge in [-0.25, -0.2) is 0 Å². The smallest absolute Gasteiger partial charge is 0.271 e. The number of carbonyl (C=O) groups excluding carboxylic acids is 2. The van der Waals surface area contributed by atoms with Crippen LogP contribution in [0.15, 0.2) is 78.9 Å². The predicted octanol–water partition coefficient (Wildman–Crippen LogP) is 3.71. The number of ether oxygens (including phenoxy) is 2. The quantitative estimate of drug-likeness (QED) is 0.395. The van der Waals surface area contributed by atoms with E-state index in [-0.39, 0.29) is 18.2 Å². The van der Waals surface area contributed by atoms with E-state index >= 15 is 0 Å². The molecule has 2 amide bonds. The van der Waals surface area contributed by atoms with Crippen molar-refractivity contribution in [2.45, 2.75) is 6.92 Å². The maximum Gasteiger partial charge on any atom is 0.271 e. The maximum absolute atomic E-state index is 13.2. The van der Waals surface area contributed by atoms with Crippen molar-refractivity contribution in [2.24, 2.45) is 5.73 Å². The van der Waals surface area contributed by atoms with E-state index in [2.05, 4.69) is 15.4 Å². The number of para-hydroxylation sites is 2. The molecule has 9 nitrogen and oxygen atoms in total. The highest BCUT2D eigenvalue weighted by Crippen LogP contribution is 2.33. The van der Waals surface area contributed by atoms with Crippen LogP contribution in [0, 0.1) is 0 Å². The van der Waals surface area contributed by atoms with Gasteiger partial charge >= 0.3 is 0 Å². The summed E-state index contributed by atoms with van der Waals surface area (Å²) in [4.78, 5) is 26.5. The van der Waals surface area contributed by atoms with Crippen LogP contribution in [0.1, 0.15) is 17.4 Å². The molecule has 0 radical (unpaired) electrons. The summed E-state index contributed by atoms with van der Waals surface area (Å²) in [5.74, 6) is -0.174. The van der Waals surface area contributed by atoms with Crippen LogP contribution in [0.2, 0.25) is 0 Å². The number of benzene rings is 3. The highest BCUT2D eigenvalue weighted by molar-refractivity contribution is 6.01. The first-order chi connectivity index (χ1) is 16.6. The van der Waals surface area contributed by atoms with Crippen molar-refractivity contribution < 1.29 is 19.1 Å². The SMILES string of the molecule is CCOc1cc(-c2n[nH]nc2C(N)=O)ccc1OCC(=O)N(c1ccccc1)c1ccccc1. The molecule has 34 heavy (non-hydrogen) atoms. The minimum absolute atomic E-state index is 0.0210. The van der Waals surface area contributed by atoms with Gasteiger partial charge in [-0.15, -0.1) is 0 Å². The fourth-order valence-corrected chi connectivity index (χ4v) is 3.44. The van der Waals surface area contributed by atoms with Crippen molar-refractivity contribution >= 4 is 23.2 Å². The molecule has 0 aliphatic heterocycles. The standard InChI is InChI=1S/C25H23N5O4/c1-2-33-21-15-17(23-24(25(26)32)28-29-27-23)13-14-20(21)34-16-22(31)30(18-9-5-3-6-10-18)19-11-7-4-8-12-19/h3-15H,2,16H2,1H3,(H2,26,32)(H,27,28,29). The lowest BCUT2D eigenvalue weighted by atomic mass is 10.1. The third-order valence-electron chi connectivity index (χ3n) is 4.93. The molecule has 0 unspecified atom stereocenters. The second-order valence-electron chi connectivity index (χ2n) is 7.17. The molecule has 0 aliphatic rings. The first kappa shape index (κ1) is 22.5. The van der Waals surface area contributed by atoms with E-state index in [1.54, 1.807) is 23.1 Å². The Kier molecular flexibility index (Phi) is 6.83. The van der Waals surface area contributed by atoms with Crippen LogP contribution >= 0.6 is 0 Å². The summed E-state index contributed by atoms with van der Waals surface area (Å²) >= 11 is 0. The summed E-state index contributed by atoms with van der Waals surface area (Å²) < 4.78 is 11.6. The lowest BCUT2D eigenvalue weighted by molar-refractivity contribution is -0.119. The zero-order chi connectivity index (χ0) is 23.9. The van der Waals surface area contributed by atoms with Crippen LogP contribution in [0.3, 0.4) is 0 Å². The molecule has 3 N–H and O–H groups in total. The molecule has 4 rings (SSSR count). The Morgan fingerprint density at radius 1 is 0.882 bits per heavy atom. The van der Waals surface area contributed by atoms with Crippen molar-refractivity contribution in [1.82, 2.24) is 15.4 Å². The Labute approximate surface area is 196 Å². The average Bonchev–Trinajstić information content (AvgIpc) is 3.35. The van der Waals surface area contributed by atoms with Crippen LogP contribution in [-0.4, -0.2) is 40.4 Å². The Morgan fingerprint density at radius 2 is 1.53 bits per heavy atom. The fraction of sp³-hybridized carbons (Fsp3) is 0.120. The first-order valence-corrected chi connectivity index (χ1v) is 10.6. The van der Waals surface area contributed by atoms with Gasteiger partial charge in [0.1, 0.15) is 5.69 Å². The number of hydrogen-bond donors (Lipinski definition) is 2. The zero-order valence-electron chi connectivity index (χ0n) is 18.5. The van der Waals surface area contributed by atoms with E-state index in [0.717, 1.165) is 11.4 Å². The van der Waals surface area contributed by atoms with Crippen LogP contribution in [0.4, 0.5) is 11.4 Å². The van der Waals surface area contributed by atoms with Crippen molar-refractivity contribution in [3.8, 4) is 22.8 Å². The number of aromatic amines is 1. The summed E-state index contributed by atoms with van der Waals surface area (Å²) in [5, 5.41) is 10.2. The number of primary amides is 1. The molecule has 3 aromatic carbocycles. The van der Waals surface area contributed by atoms with Gasteiger partial charge < -0.3 is 15.2 Å². The van der Waals surface area contributed by atoms with Crippen molar-refractivity contribution in [3.63, 3.8) is 0 Å². The molecular formula is C25H23N5O4. The second kappa shape index (κ2) is 10.3. The van der Waals surface area contributed by atoms with E-state index in [4.69, 9.17) is 15.2 Å². The minimum atomic E-state index is -0.699. The largest absolute Gasteiger partial charge is 0.490 e. The van der Waals surface area contributed by atoms with Gasteiger partial charge in [0.2, 0.25) is 0 Å². The second-order valence-corrected chi connectivity index (χ2v) is 7.17. The van der Waals surface area contributed by atoms with Gasteiger partial charge in [0.25, 0.3) is 11.8 Å². The summed E-state index contributed by atoms with van der Waals surface area (Å²) in [7, 11) is 0. The van der Waals surface area contributed by atoms with Crippen molar-refractivity contribution in [2.75, 3.05) is 18.1 Å². The molecular weight excluding hydrogens is 434 g/mol. The normalized spacial score (nSPS) is 10.5. The molecule has 1 aromatic heterocycles. The fourth-order valence-electron chi connectivity index (χ4n) is 3.44. The van der Waals surface area contributed by atoms with Gasteiger partial charge in [-0.3, -0.25) is 14.5 Å². The molecule has 1 heterocycles. The number of nitrogens with one attached hydrogen (secondary N) is 1. The number of nitrogens with two attached hydrogens (primary N) is 1. The number of nitrogens with zero attached hydrogens (tertiary/aromatic N) is 3. The van der Waals surface area contributed by atoms with E-state index in [1.807, 2.05) is 67.6 Å². The lowest BCUT2D eigenvalue weighted by Crippen LogP contribution is -2.31. The Bertz CT molecular complexity index is 1240. The summed E-state index contributed by atoms with van der Waals surface area (Å²) in [6, 6.07) is 23.7. The number of anilines is 2. The summed E-state index contributed by atoms with van der Waals surface area (Å²) in [5.41, 5.74) is 7.72. The van der Waals surface area contributed by atoms with Gasteiger partial charge in [-0.2, -0.15) is 15.4 Å². The third kappa shape index (κ3) is 4.88. The third-order valence-corrected chi connectivity index (χ3v) is 4.93. The molecule has 0 fully saturated rings. The van der Waals surface area contributed by atoms with E-state index < -0.39 is 5.91 Å². The Hall–Kier alpha value is -4.66. The average molecular weight is 457 g/mol. The van der Waals surface area contributed by atoms with E-state index in [0.29, 0.717) is 29.4 Å². The van der Waals surface area contributed by atoms with Gasteiger partial charge in [-0.1, -0.05) is 36.4 Å². The van der Waals surface area contributed by atoms with Gasteiger partial charge in [0.05, 0.1) is 6.61 Å². The zero-order valence-corrected chi connectivity index (χ0v) is 18.5. The van der Waals surface area contributed by atoms with Crippen LogP contribution in [-0.2, 0) is 4.79 Å². The molecule has 0 atom stereocenters. The molecule has 0 aliphatic carbocycles. The number of aromatic nitrogens is 3. The van der Waals surface area contributed by atoms with Gasteiger partial charge in [-0.05, 0) is 49.4 Å². The molecule has 0 saturated heterocycles. The molecule has 0 spiro atoms. The van der Waals surface area contributed by atoms with E-state index in [1.165, 1.54) is 0 Å². The lowest BCUT2D eigenvalue weighted by Gasteiger charge is -2.23. The highest BCUT2D eigenvalue weighted by atomic mass is 16.5. The number of H-pyrrole nitrogens is 1. The first-order valence-electron chi connectivity index (χ1n) is 10.6. The van der Waals surface area contributed by atoms with Crippen molar-refractivity contribution in [3.05, 3.63) is 84.6 Å². The van der Waals surface area contributed by atoms with Crippen LogP contribution < -0.4 is 20.1 Å². The van der Waals surface area contributed by atoms with E-state index in [9.17, 15) is 9.59 Å². The molecule has 0 saturated carbocycles. The maximum atomic E-state index is 13.2. The van der Waals surface area contributed by atoms with Crippen molar-refractivity contribution in [1.29, 1.82) is 0 Å². The minimum Gasteiger partial charge on any atom is -0.490 e. The molecule has 0 bridgehead atoms. The monoisotopic (exact) mass is 457 g/mol. The van der Waals surface area contributed by atoms with Gasteiger partial charge in [0, 0.05) is 16.9 Å². The highest BCUT2D eigenvalue weighted by Gasteiger charge is 2.21. The van der Waals surface area contributed by atoms with Crippen LogP contribution in [0.25, 0.3) is 11.3 Å². The number of rotatable bonds is 9. The van der Waals surface area contributed by atoms with Crippen LogP contribution in [0.5, 0.6) is 11.5 Å². The Balaban J connectivity index is 1.58. The summed E-state index contributed by atoms with van der Waals surface area (Å²) in [6.45, 7) is 1.98. The topological polar surface area (TPSA) is 123 Å². The Morgan fingerprint density at radius 3 is 2.12 bits per heavy atom. The molecule has 4 aromatic rings. The molecule has 9 heteroatoms. The number of amides is 2. The number of hydrogen-bond acceptors (Lipinski definition) is 6.